The Morgan fingerprint density at radius 1 is 1.23 bits per heavy atom. The Balaban J connectivity index is 1.46. The van der Waals surface area contributed by atoms with Gasteiger partial charge in [-0.2, -0.15) is 13.2 Å². The highest BCUT2D eigenvalue weighted by molar-refractivity contribution is 7.99. The number of hydrogen-bond acceptors (Lipinski definition) is 5. The normalized spacial score (nSPS) is 10.8. The topological polar surface area (TPSA) is 79.9 Å². The van der Waals surface area contributed by atoms with Gasteiger partial charge in [0.2, 0.25) is 11.1 Å². The van der Waals surface area contributed by atoms with Crippen LogP contribution >= 0.6 is 11.8 Å². The standard InChI is InChI=1S/C21H17F3N4O2S/c1-30-17-9-7-15(8-10-17)19-26-20(28-27-19)31-13-18(29)25-11-3-5-14-4-2-6-16(12-14)21(22,23)24/h2,4,6-10,12H,11,13H2,1H3,(H,25,29)(H,26,27,28). The minimum absolute atomic E-state index is 0.0146. The molecule has 2 N–H and O–H groups in total. The fourth-order valence-corrected chi connectivity index (χ4v) is 3.06. The second-order valence-electron chi connectivity index (χ2n) is 6.14. The van der Waals surface area contributed by atoms with Crippen LogP contribution in [0.4, 0.5) is 13.2 Å². The van der Waals surface area contributed by atoms with Crippen LogP contribution < -0.4 is 10.1 Å². The van der Waals surface area contributed by atoms with Crippen LogP contribution in [0, 0.1) is 11.8 Å². The number of hydrogen-bond donors (Lipinski definition) is 2. The lowest BCUT2D eigenvalue weighted by Gasteiger charge is -2.05. The van der Waals surface area contributed by atoms with Crippen molar-refractivity contribution in [1.29, 1.82) is 0 Å². The van der Waals surface area contributed by atoms with E-state index in [1.165, 1.54) is 12.1 Å². The Morgan fingerprint density at radius 3 is 2.71 bits per heavy atom. The molecule has 0 unspecified atom stereocenters. The van der Waals surface area contributed by atoms with Crippen LogP contribution in [0.15, 0.2) is 53.7 Å². The molecule has 1 aromatic heterocycles. The van der Waals surface area contributed by atoms with Crippen LogP contribution in [0.25, 0.3) is 11.4 Å². The van der Waals surface area contributed by atoms with Gasteiger partial charge in [-0.1, -0.05) is 29.7 Å². The Labute approximate surface area is 180 Å². The van der Waals surface area contributed by atoms with Gasteiger partial charge >= 0.3 is 6.18 Å². The zero-order valence-electron chi connectivity index (χ0n) is 16.3. The molecule has 0 fully saturated rings. The second kappa shape index (κ2) is 10.0. The molecule has 0 aliphatic carbocycles. The molecule has 0 saturated heterocycles. The molecule has 6 nitrogen and oxygen atoms in total. The fourth-order valence-electron chi connectivity index (χ4n) is 2.43. The van der Waals surface area contributed by atoms with Gasteiger partial charge in [-0.3, -0.25) is 9.89 Å². The number of amides is 1. The first-order valence-electron chi connectivity index (χ1n) is 8.97. The van der Waals surface area contributed by atoms with E-state index >= 15 is 0 Å². The van der Waals surface area contributed by atoms with Crippen molar-refractivity contribution in [1.82, 2.24) is 20.5 Å². The number of thioether (sulfide) groups is 1. The SMILES string of the molecule is COc1ccc(-c2nc(SCC(=O)NCC#Cc3cccc(C(F)(F)F)c3)n[nH]2)cc1. The third kappa shape index (κ3) is 6.52. The van der Waals surface area contributed by atoms with E-state index < -0.39 is 11.7 Å². The molecule has 0 atom stereocenters. The number of aromatic nitrogens is 3. The molecule has 0 aliphatic heterocycles. The molecule has 3 aromatic rings. The van der Waals surface area contributed by atoms with E-state index in [2.05, 4.69) is 32.3 Å². The molecule has 0 aliphatic rings. The molecule has 0 saturated carbocycles. The minimum Gasteiger partial charge on any atom is -0.497 e. The highest BCUT2D eigenvalue weighted by Gasteiger charge is 2.30. The van der Waals surface area contributed by atoms with Crippen molar-refractivity contribution in [2.24, 2.45) is 0 Å². The average Bonchev–Trinajstić information content (AvgIpc) is 3.24. The number of H-pyrrole nitrogens is 1. The average molecular weight is 446 g/mol. The molecule has 10 heteroatoms. The van der Waals surface area contributed by atoms with Gasteiger partial charge in [0, 0.05) is 11.1 Å². The van der Waals surface area contributed by atoms with Crippen molar-refractivity contribution >= 4 is 17.7 Å². The third-order valence-electron chi connectivity index (χ3n) is 3.96. The van der Waals surface area contributed by atoms with E-state index in [4.69, 9.17) is 4.74 Å². The van der Waals surface area contributed by atoms with Crippen molar-refractivity contribution in [2.75, 3.05) is 19.4 Å². The predicted molar refractivity (Wildman–Crippen MR) is 110 cm³/mol. The number of carbonyl (C=O) groups excluding carboxylic acids is 1. The smallest absolute Gasteiger partial charge is 0.416 e. The maximum atomic E-state index is 12.7. The Hall–Kier alpha value is -3.45. The van der Waals surface area contributed by atoms with Crippen molar-refractivity contribution in [3.8, 4) is 29.0 Å². The van der Waals surface area contributed by atoms with Crippen LogP contribution in [0.1, 0.15) is 11.1 Å². The summed E-state index contributed by atoms with van der Waals surface area (Å²) in [4.78, 5) is 16.3. The van der Waals surface area contributed by atoms with Crippen molar-refractivity contribution in [3.63, 3.8) is 0 Å². The number of rotatable bonds is 6. The van der Waals surface area contributed by atoms with E-state index in [9.17, 15) is 18.0 Å². The minimum atomic E-state index is -4.42. The first-order chi connectivity index (χ1) is 14.8. The highest BCUT2D eigenvalue weighted by atomic mass is 32.2. The van der Waals surface area contributed by atoms with Crippen LogP contribution in [0.3, 0.4) is 0 Å². The number of alkyl halides is 3. The Kier molecular flexibility index (Phi) is 7.20. The fraction of sp³-hybridized carbons (Fsp3) is 0.190. The zero-order chi connectivity index (χ0) is 22.3. The first-order valence-corrected chi connectivity index (χ1v) is 9.96. The van der Waals surface area contributed by atoms with Gasteiger partial charge in [-0.15, -0.1) is 5.10 Å². The molecule has 3 rings (SSSR count). The quantitative estimate of drug-likeness (QED) is 0.445. The number of nitrogens with one attached hydrogen (secondary N) is 2. The second-order valence-corrected chi connectivity index (χ2v) is 7.08. The Morgan fingerprint density at radius 2 is 2.00 bits per heavy atom. The molecule has 160 valence electrons. The van der Waals surface area contributed by atoms with Gasteiger partial charge < -0.3 is 10.1 Å². The molecule has 2 aromatic carbocycles. The summed E-state index contributed by atoms with van der Waals surface area (Å²) in [6.07, 6.45) is -4.42. The van der Waals surface area contributed by atoms with Gasteiger partial charge in [0.25, 0.3) is 0 Å². The monoisotopic (exact) mass is 446 g/mol. The van der Waals surface area contributed by atoms with Gasteiger partial charge in [0.05, 0.1) is 25.0 Å². The number of nitrogens with zero attached hydrogens (tertiary/aromatic N) is 2. The van der Waals surface area contributed by atoms with Gasteiger partial charge in [-0.25, -0.2) is 4.98 Å². The molecule has 31 heavy (non-hydrogen) atoms. The molecule has 0 radical (unpaired) electrons. The lowest BCUT2D eigenvalue weighted by Crippen LogP contribution is -2.25. The van der Waals surface area contributed by atoms with E-state index in [1.54, 1.807) is 19.2 Å². The Bertz CT molecular complexity index is 1100. The van der Waals surface area contributed by atoms with Crippen molar-refractivity contribution in [3.05, 3.63) is 59.7 Å². The maximum Gasteiger partial charge on any atom is 0.416 e. The van der Waals surface area contributed by atoms with Crippen LogP contribution in [-0.2, 0) is 11.0 Å². The number of halogens is 3. The van der Waals surface area contributed by atoms with E-state index in [0.29, 0.717) is 11.0 Å². The van der Waals surface area contributed by atoms with Crippen molar-refractivity contribution in [2.45, 2.75) is 11.3 Å². The number of methoxy groups -OCH3 is 1. The molecule has 1 heterocycles. The maximum absolute atomic E-state index is 12.7. The van der Waals surface area contributed by atoms with Gasteiger partial charge in [-0.05, 0) is 42.5 Å². The summed E-state index contributed by atoms with van der Waals surface area (Å²) in [5, 5.41) is 9.88. The molecule has 1 amide bonds. The van der Waals surface area contributed by atoms with E-state index in [-0.39, 0.29) is 23.8 Å². The van der Waals surface area contributed by atoms with Crippen LogP contribution in [0.2, 0.25) is 0 Å². The summed E-state index contributed by atoms with van der Waals surface area (Å²) in [5.41, 5.74) is 0.292. The summed E-state index contributed by atoms with van der Waals surface area (Å²) in [7, 11) is 1.58. The summed E-state index contributed by atoms with van der Waals surface area (Å²) in [6, 6.07) is 12.0. The molecule has 0 spiro atoms. The summed E-state index contributed by atoms with van der Waals surface area (Å²) in [5.74, 6) is 6.32. The first kappa shape index (κ1) is 22.2. The number of benzene rings is 2. The molecule has 0 bridgehead atoms. The van der Waals surface area contributed by atoms with Gasteiger partial charge in [0.15, 0.2) is 5.82 Å². The van der Waals surface area contributed by atoms with Crippen molar-refractivity contribution < 1.29 is 22.7 Å². The predicted octanol–water partition coefficient (Wildman–Crippen LogP) is 3.76. The van der Waals surface area contributed by atoms with E-state index in [0.717, 1.165) is 35.2 Å². The largest absolute Gasteiger partial charge is 0.497 e. The number of carbonyl (C=O) groups is 1. The van der Waals surface area contributed by atoms with Crippen LogP contribution in [-0.4, -0.2) is 40.5 Å². The highest BCUT2D eigenvalue weighted by Crippen LogP contribution is 2.29. The summed E-state index contributed by atoms with van der Waals surface area (Å²) in [6.45, 7) is 0.0146. The molecular formula is C21H17F3N4O2S. The third-order valence-corrected chi connectivity index (χ3v) is 4.80. The molecular weight excluding hydrogens is 429 g/mol. The summed E-state index contributed by atoms with van der Waals surface area (Å²) >= 11 is 1.15. The zero-order valence-corrected chi connectivity index (χ0v) is 17.1. The lowest BCUT2D eigenvalue weighted by molar-refractivity contribution is -0.137. The van der Waals surface area contributed by atoms with Gasteiger partial charge in [0.1, 0.15) is 5.75 Å². The number of ether oxygens (including phenoxy) is 1. The van der Waals surface area contributed by atoms with E-state index in [1.807, 2.05) is 12.1 Å². The summed E-state index contributed by atoms with van der Waals surface area (Å²) < 4.78 is 43.2. The lowest BCUT2D eigenvalue weighted by atomic mass is 10.1. The number of aromatic amines is 1. The van der Waals surface area contributed by atoms with Crippen LogP contribution in [0.5, 0.6) is 5.75 Å².